The van der Waals surface area contributed by atoms with Crippen molar-refractivity contribution in [1.82, 2.24) is 4.90 Å². The smallest absolute Gasteiger partial charge is 0.358 e. The first-order valence-electron chi connectivity index (χ1n) is 15.2. The number of fused-ring (bicyclic) bond motifs is 3. The van der Waals surface area contributed by atoms with Crippen molar-refractivity contribution in [2.45, 2.75) is 62.2 Å². The monoisotopic (exact) mass is 653 g/mol. The van der Waals surface area contributed by atoms with Crippen molar-refractivity contribution in [3.63, 3.8) is 0 Å². The topological polar surface area (TPSA) is 29.5 Å². The van der Waals surface area contributed by atoms with E-state index in [0.717, 1.165) is 60.4 Å². The zero-order valence-electron chi connectivity index (χ0n) is 24.8. The molecule has 4 fully saturated rings. The highest BCUT2D eigenvalue weighted by Gasteiger charge is 2.50. The molecule has 2 bridgehead atoms. The van der Waals surface area contributed by atoms with Gasteiger partial charge in [-0.3, -0.25) is 4.79 Å². The maximum Gasteiger partial charge on any atom is 0.416 e. The number of rotatable bonds is 7. The molecule has 2 atom stereocenters. The number of carbonyl (C=O) groups excluding carboxylic acids is 1. The van der Waals surface area contributed by atoms with Crippen molar-refractivity contribution in [2.75, 3.05) is 32.7 Å². The molecule has 1 amide bonds. The van der Waals surface area contributed by atoms with Gasteiger partial charge in [-0.2, -0.15) is 26.3 Å². The third-order valence-corrected chi connectivity index (χ3v) is 10.1. The van der Waals surface area contributed by atoms with E-state index in [-0.39, 0.29) is 29.2 Å². The summed E-state index contributed by atoms with van der Waals surface area (Å²) in [6.45, 7) is 2.91. The molecule has 0 aliphatic carbocycles. The molecule has 0 N–H and O–H groups in total. The molecule has 3 aromatic rings. The van der Waals surface area contributed by atoms with Crippen LogP contribution in [-0.2, 0) is 33.8 Å². The number of hydrogen-bond acceptors (Lipinski definition) is 2. The standard InChI is InChI=1S/C34H33F8N2O2/c35-28-7-6-23(18-29(28)36)30-31(45)43(20-22-16-25(33(37,38)39)19-26(17-22)34(40,41)42)21-27(46-30)8-12-44-13-9-32(10-14-44,11-15-44)24-4-2-1-3-5-24/h1-7,16-19,27,30H,8-15,20-21H2/q+1. The van der Waals surface area contributed by atoms with Crippen LogP contribution in [0.5, 0.6) is 0 Å². The van der Waals surface area contributed by atoms with Crippen molar-refractivity contribution in [1.29, 1.82) is 0 Å². The number of piperidine rings is 3. The summed E-state index contributed by atoms with van der Waals surface area (Å²) in [6.07, 6.45) is -8.63. The second-order valence-corrected chi connectivity index (χ2v) is 12.9. The Morgan fingerprint density at radius 1 is 0.804 bits per heavy atom. The van der Waals surface area contributed by atoms with Gasteiger partial charge in [0, 0.05) is 44.2 Å². The highest BCUT2D eigenvalue weighted by molar-refractivity contribution is 5.83. The maximum atomic E-state index is 14.2. The molecule has 46 heavy (non-hydrogen) atoms. The van der Waals surface area contributed by atoms with Crippen LogP contribution < -0.4 is 0 Å². The third kappa shape index (κ3) is 6.51. The van der Waals surface area contributed by atoms with E-state index in [2.05, 4.69) is 24.3 Å². The molecule has 4 heterocycles. The summed E-state index contributed by atoms with van der Waals surface area (Å²) in [6, 6.07) is 14.5. The van der Waals surface area contributed by atoms with E-state index in [0.29, 0.717) is 25.1 Å². The second kappa shape index (κ2) is 11.9. The Morgan fingerprint density at radius 3 is 1.98 bits per heavy atom. The van der Waals surface area contributed by atoms with Crippen LogP contribution in [0.1, 0.15) is 59.6 Å². The summed E-state index contributed by atoms with van der Waals surface area (Å²) < 4.78 is 116. The van der Waals surface area contributed by atoms with Gasteiger partial charge in [-0.15, -0.1) is 0 Å². The zero-order chi connectivity index (χ0) is 32.9. The number of halogens is 8. The molecule has 246 valence electrons. The molecule has 0 spiro atoms. The molecule has 0 saturated carbocycles. The van der Waals surface area contributed by atoms with Crippen molar-refractivity contribution in [3.05, 3.63) is 106 Å². The van der Waals surface area contributed by atoms with Crippen LogP contribution in [0.15, 0.2) is 66.7 Å². The molecule has 0 radical (unpaired) electrons. The van der Waals surface area contributed by atoms with Gasteiger partial charge in [-0.1, -0.05) is 36.4 Å². The van der Waals surface area contributed by atoms with Crippen LogP contribution in [0.25, 0.3) is 0 Å². The summed E-state index contributed by atoms with van der Waals surface area (Å²) in [5.41, 5.74) is -1.83. The highest BCUT2D eigenvalue weighted by atomic mass is 19.4. The summed E-state index contributed by atoms with van der Waals surface area (Å²) in [4.78, 5) is 14.7. The summed E-state index contributed by atoms with van der Waals surface area (Å²) in [5, 5.41) is 0. The molecule has 4 saturated heterocycles. The molecular weight excluding hydrogens is 620 g/mol. The summed E-state index contributed by atoms with van der Waals surface area (Å²) >= 11 is 0. The van der Waals surface area contributed by atoms with E-state index in [1.807, 2.05) is 6.07 Å². The Labute approximate surface area is 261 Å². The lowest BCUT2D eigenvalue weighted by Crippen LogP contribution is -2.63. The SMILES string of the molecule is O=C1C(c2ccc(F)c(F)c2)OC(CC[N+]23CCC(c4ccccc4)(CC2)CC3)CN1Cc1cc(C(F)(F)F)cc(C(F)(F)F)c1. The summed E-state index contributed by atoms with van der Waals surface area (Å²) in [5.74, 6) is -3.11. The number of ether oxygens (including phenoxy) is 1. The quantitative estimate of drug-likeness (QED) is 0.192. The molecule has 4 nitrogen and oxygen atoms in total. The highest BCUT2D eigenvalue weighted by Crippen LogP contribution is 2.46. The van der Waals surface area contributed by atoms with Crippen molar-refractivity contribution < 1.29 is 49.1 Å². The fourth-order valence-corrected chi connectivity index (χ4v) is 7.37. The van der Waals surface area contributed by atoms with Gasteiger partial charge in [0.05, 0.1) is 43.4 Å². The molecular formula is C34H33F8N2O2+. The predicted molar refractivity (Wildman–Crippen MR) is 152 cm³/mol. The van der Waals surface area contributed by atoms with Gasteiger partial charge in [-0.25, -0.2) is 8.78 Å². The first kappa shape index (κ1) is 32.4. The van der Waals surface area contributed by atoms with Crippen molar-refractivity contribution >= 4 is 5.91 Å². The van der Waals surface area contributed by atoms with Crippen LogP contribution in [-0.4, -0.2) is 54.1 Å². The van der Waals surface area contributed by atoms with Crippen LogP contribution >= 0.6 is 0 Å². The zero-order valence-corrected chi connectivity index (χ0v) is 24.8. The fourth-order valence-electron chi connectivity index (χ4n) is 7.37. The van der Waals surface area contributed by atoms with Gasteiger partial charge in [-0.05, 0) is 47.0 Å². The lowest BCUT2D eigenvalue weighted by Gasteiger charge is -2.55. The van der Waals surface area contributed by atoms with E-state index in [1.54, 1.807) is 0 Å². The Kier molecular flexibility index (Phi) is 8.42. The molecule has 0 aromatic heterocycles. The lowest BCUT2D eigenvalue weighted by molar-refractivity contribution is -0.943. The minimum absolute atomic E-state index is 0.00857. The van der Waals surface area contributed by atoms with Gasteiger partial charge in [0.25, 0.3) is 5.91 Å². The normalized spacial score (nSPS) is 26.9. The summed E-state index contributed by atoms with van der Waals surface area (Å²) in [7, 11) is 0. The Hall–Kier alpha value is -3.51. The van der Waals surface area contributed by atoms with E-state index < -0.39 is 59.8 Å². The molecule has 7 rings (SSSR count). The second-order valence-electron chi connectivity index (χ2n) is 12.9. The van der Waals surface area contributed by atoms with Crippen molar-refractivity contribution in [2.24, 2.45) is 0 Å². The van der Waals surface area contributed by atoms with Crippen molar-refractivity contribution in [3.8, 4) is 0 Å². The van der Waals surface area contributed by atoms with Gasteiger partial charge in [0.1, 0.15) is 0 Å². The van der Waals surface area contributed by atoms with E-state index in [4.69, 9.17) is 4.74 Å². The number of quaternary nitrogens is 1. The first-order valence-corrected chi connectivity index (χ1v) is 15.2. The number of carbonyl (C=O) groups is 1. The lowest BCUT2D eigenvalue weighted by atomic mass is 9.66. The number of benzene rings is 3. The van der Waals surface area contributed by atoms with Crippen LogP contribution in [0.4, 0.5) is 35.1 Å². The fraction of sp³-hybridized carbons (Fsp3) is 0.441. The third-order valence-electron chi connectivity index (χ3n) is 10.1. The number of alkyl halides is 6. The van der Waals surface area contributed by atoms with Gasteiger partial charge >= 0.3 is 12.4 Å². The average Bonchev–Trinajstić information content (AvgIpc) is 3.03. The Morgan fingerprint density at radius 2 is 1.41 bits per heavy atom. The largest absolute Gasteiger partial charge is 0.416 e. The van der Waals surface area contributed by atoms with Gasteiger partial charge in [0.2, 0.25) is 0 Å². The number of amides is 1. The molecule has 12 heteroatoms. The molecule has 2 unspecified atom stereocenters. The van der Waals surface area contributed by atoms with Crippen LogP contribution in [0.2, 0.25) is 0 Å². The number of hydrogen-bond donors (Lipinski definition) is 0. The van der Waals surface area contributed by atoms with Crippen LogP contribution in [0.3, 0.4) is 0 Å². The van der Waals surface area contributed by atoms with E-state index in [9.17, 15) is 39.9 Å². The average molecular weight is 654 g/mol. The minimum atomic E-state index is -5.04. The molecule has 4 aliphatic heterocycles. The Balaban J connectivity index is 1.23. The maximum absolute atomic E-state index is 14.2. The Bertz CT molecular complexity index is 1530. The molecule has 4 aliphatic rings. The number of nitrogens with zero attached hydrogens (tertiary/aromatic N) is 2. The van der Waals surface area contributed by atoms with Gasteiger partial charge < -0.3 is 14.1 Å². The van der Waals surface area contributed by atoms with Gasteiger partial charge in [0.15, 0.2) is 17.7 Å². The van der Waals surface area contributed by atoms with E-state index in [1.165, 1.54) is 11.6 Å². The van der Waals surface area contributed by atoms with Crippen LogP contribution in [0, 0.1) is 11.6 Å². The van der Waals surface area contributed by atoms with E-state index >= 15 is 0 Å². The first-order chi connectivity index (χ1) is 21.7. The minimum Gasteiger partial charge on any atom is -0.358 e. The predicted octanol–water partition coefficient (Wildman–Crippen LogP) is 7.81. The number of morpholine rings is 1. The molecule has 3 aromatic carbocycles.